The van der Waals surface area contributed by atoms with Crippen LogP contribution in [0.3, 0.4) is 0 Å². The van der Waals surface area contributed by atoms with Gasteiger partial charge in [0.1, 0.15) is 11.3 Å². The van der Waals surface area contributed by atoms with E-state index in [0.717, 1.165) is 48.3 Å². The van der Waals surface area contributed by atoms with Crippen LogP contribution < -0.4 is 15.5 Å². The number of nitrogens with one attached hydrogen (secondary N) is 2. The number of hydrogen-bond acceptors (Lipinski definition) is 7. The van der Waals surface area contributed by atoms with E-state index in [1.165, 1.54) is 31.4 Å². The van der Waals surface area contributed by atoms with Gasteiger partial charge in [0.05, 0.1) is 28.6 Å². The Morgan fingerprint density at radius 1 is 1.00 bits per heavy atom. The lowest BCUT2D eigenvalue weighted by molar-refractivity contribution is -0.134. The third-order valence-corrected chi connectivity index (χ3v) is 12.4. The first-order chi connectivity index (χ1) is 26.0. The third kappa shape index (κ3) is 6.12. The van der Waals surface area contributed by atoms with Crippen LogP contribution in [0.5, 0.6) is 0 Å². The van der Waals surface area contributed by atoms with Crippen molar-refractivity contribution < 1.29 is 18.8 Å². The van der Waals surface area contributed by atoms with Crippen LogP contribution in [-0.2, 0) is 15.0 Å². The van der Waals surface area contributed by atoms with Gasteiger partial charge >= 0.3 is 0 Å². The summed E-state index contributed by atoms with van der Waals surface area (Å²) in [5, 5.41) is 6.06. The maximum atomic E-state index is 15.6. The molecule has 8 rings (SSSR count). The summed E-state index contributed by atoms with van der Waals surface area (Å²) in [6.45, 7) is 13.1. The van der Waals surface area contributed by atoms with Crippen molar-refractivity contribution in [2.45, 2.75) is 103 Å². The predicted molar refractivity (Wildman–Crippen MR) is 209 cm³/mol. The quantitative estimate of drug-likeness (QED) is 0.203. The summed E-state index contributed by atoms with van der Waals surface area (Å²) in [6, 6.07) is 11.7. The molecule has 1 saturated carbocycles. The normalized spacial score (nSPS) is 21.1. The van der Waals surface area contributed by atoms with E-state index < -0.39 is 11.2 Å². The molecule has 11 nitrogen and oxygen atoms in total. The summed E-state index contributed by atoms with van der Waals surface area (Å²) < 4.78 is 17.6. The smallest absolute Gasteiger partial charge is 0.251 e. The first kappa shape index (κ1) is 36.2. The number of carbonyl (C=O) groups is 3. The van der Waals surface area contributed by atoms with Gasteiger partial charge in [-0.15, -0.1) is 0 Å². The minimum Gasteiger partial charge on any atom is -0.352 e. The van der Waals surface area contributed by atoms with Crippen molar-refractivity contribution in [3.63, 3.8) is 0 Å². The van der Waals surface area contributed by atoms with E-state index in [0.29, 0.717) is 66.7 Å². The Morgan fingerprint density at radius 3 is 2.43 bits per heavy atom. The van der Waals surface area contributed by atoms with Gasteiger partial charge in [-0.25, -0.2) is 14.4 Å². The van der Waals surface area contributed by atoms with Crippen LogP contribution in [0.4, 0.5) is 21.6 Å². The van der Waals surface area contributed by atoms with Crippen LogP contribution in [0.2, 0.25) is 0 Å². The molecule has 0 atom stereocenters. The zero-order valence-corrected chi connectivity index (χ0v) is 32.0. The van der Waals surface area contributed by atoms with Gasteiger partial charge in [0, 0.05) is 61.5 Å². The number of imidazole rings is 1. The molecule has 2 saturated heterocycles. The molecule has 3 amide bonds. The Morgan fingerprint density at radius 2 is 1.74 bits per heavy atom. The summed E-state index contributed by atoms with van der Waals surface area (Å²) in [5.74, 6) is -0.148. The van der Waals surface area contributed by atoms with Crippen molar-refractivity contribution in [2.24, 2.45) is 0 Å². The molecule has 0 bridgehead atoms. The number of carbonyl (C=O) groups excluding carboxylic acids is 3. The van der Waals surface area contributed by atoms with E-state index in [1.54, 1.807) is 20.2 Å². The third-order valence-electron chi connectivity index (χ3n) is 12.4. The number of halogens is 1. The van der Waals surface area contributed by atoms with Gasteiger partial charge in [-0.1, -0.05) is 18.6 Å². The van der Waals surface area contributed by atoms with Crippen LogP contribution in [0, 0.1) is 12.7 Å². The van der Waals surface area contributed by atoms with Gasteiger partial charge in [0.25, 0.3) is 5.91 Å². The lowest BCUT2D eigenvalue weighted by Crippen LogP contribution is -2.58. The number of likely N-dealkylation sites (tertiary alicyclic amines) is 2. The van der Waals surface area contributed by atoms with Gasteiger partial charge in [-0.05, 0) is 115 Å². The Balaban J connectivity index is 1.20. The fourth-order valence-corrected chi connectivity index (χ4v) is 9.23. The maximum Gasteiger partial charge on any atom is 0.251 e. The number of rotatable bonds is 8. The fraction of sp³-hybridized carbons (Fsp3) is 0.500. The van der Waals surface area contributed by atoms with E-state index in [2.05, 4.69) is 46.4 Å². The van der Waals surface area contributed by atoms with Crippen molar-refractivity contribution in [2.75, 3.05) is 42.9 Å². The lowest BCUT2D eigenvalue weighted by atomic mass is 9.73. The minimum atomic E-state index is -0.666. The standard InChI is InChI=1S/C42H51FN8O3/c1-6-44-40(53)31-22-35(33(43)18-26(31)4)47-39-38-36(45-24-50(38)25(2)3)23-34(46-39)28-10-11-32-37(19-28)51(30-20-29(21-30)49-14-8-7-9-15-49)41(54)42(32)12-16-48(17-13-42)27(5)52/h10-11,18-19,22-25,29-30H,6-9,12-17,20-21H2,1-5H3,(H,44,53)(H,46,47)/t29-,30+. The molecule has 5 heterocycles. The molecule has 284 valence electrons. The fourth-order valence-electron chi connectivity index (χ4n) is 9.23. The molecule has 0 unspecified atom stereocenters. The monoisotopic (exact) mass is 734 g/mol. The largest absolute Gasteiger partial charge is 0.352 e. The first-order valence-electron chi connectivity index (χ1n) is 19.7. The SMILES string of the molecule is CCNC(=O)c1cc(Nc2nc(-c3ccc4c(c3)N([C@H]3C[C@@H](N5CCCCC5)C3)C(=O)C43CCN(C(C)=O)CC3)cc3ncn(C(C)C)c23)c(F)cc1C. The minimum absolute atomic E-state index is 0.0443. The van der Waals surface area contributed by atoms with Gasteiger partial charge < -0.3 is 29.9 Å². The Bertz CT molecular complexity index is 2130. The molecule has 1 spiro atoms. The van der Waals surface area contributed by atoms with Crippen LogP contribution in [-0.4, -0.2) is 86.9 Å². The summed E-state index contributed by atoms with van der Waals surface area (Å²) >= 11 is 0. The average Bonchev–Trinajstić information content (AvgIpc) is 3.67. The second kappa shape index (κ2) is 14.1. The zero-order valence-electron chi connectivity index (χ0n) is 32.0. The van der Waals surface area contributed by atoms with Crippen LogP contribution in [0.25, 0.3) is 22.3 Å². The molecule has 1 aliphatic carbocycles. The van der Waals surface area contributed by atoms with Crippen LogP contribution in [0.15, 0.2) is 42.7 Å². The van der Waals surface area contributed by atoms with E-state index in [9.17, 15) is 14.4 Å². The molecule has 54 heavy (non-hydrogen) atoms. The van der Waals surface area contributed by atoms with Crippen molar-refractivity contribution in [1.82, 2.24) is 29.7 Å². The van der Waals surface area contributed by atoms with Crippen LogP contribution in [0.1, 0.15) is 100 Å². The number of amides is 3. The number of nitrogens with zero attached hydrogens (tertiary/aromatic N) is 6. The van der Waals surface area contributed by atoms with Crippen molar-refractivity contribution >= 4 is 45.9 Å². The highest BCUT2D eigenvalue weighted by atomic mass is 19.1. The predicted octanol–water partition coefficient (Wildman–Crippen LogP) is 6.86. The molecule has 3 fully saturated rings. The molecular formula is C42H51FN8O3. The topological polar surface area (TPSA) is 116 Å². The van der Waals surface area contributed by atoms with Gasteiger partial charge in [0.15, 0.2) is 5.82 Å². The maximum absolute atomic E-state index is 15.6. The molecule has 4 aromatic rings. The van der Waals surface area contributed by atoms with E-state index in [4.69, 9.17) is 9.97 Å². The summed E-state index contributed by atoms with van der Waals surface area (Å²) in [4.78, 5) is 56.3. The Hall–Kier alpha value is -4.84. The van der Waals surface area contributed by atoms with Gasteiger partial charge in [0.2, 0.25) is 11.8 Å². The molecule has 0 radical (unpaired) electrons. The van der Waals surface area contributed by atoms with Crippen molar-refractivity contribution in [3.05, 3.63) is 65.2 Å². The molecular weight excluding hydrogens is 684 g/mol. The molecule has 12 heteroatoms. The molecule has 3 aliphatic heterocycles. The average molecular weight is 735 g/mol. The zero-order chi connectivity index (χ0) is 37.9. The number of benzene rings is 2. The number of anilines is 3. The van der Waals surface area contributed by atoms with E-state index >= 15 is 4.39 Å². The number of hydrogen-bond donors (Lipinski definition) is 2. The van der Waals surface area contributed by atoms with Crippen molar-refractivity contribution in [1.29, 1.82) is 0 Å². The van der Waals surface area contributed by atoms with Gasteiger partial charge in [-0.3, -0.25) is 14.4 Å². The number of piperidine rings is 2. The van der Waals surface area contributed by atoms with Crippen molar-refractivity contribution in [3.8, 4) is 11.3 Å². The second-order valence-electron chi connectivity index (χ2n) is 16.0. The number of aryl methyl sites for hydroxylation is 1. The second-order valence-corrected chi connectivity index (χ2v) is 16.0. The Kier molecular flexibility index (Phi) is 9.44. The number of pyridine rings is 1. The van der Waals surface area contributed by atoms with Gasteiger partial charge in [-0.2, -0.15) is 0 Å². The summed E-state index contributed by atoms with van der Waals surface area (Å²) in [6.07, 6.45) is 8.64. The highest BCUT2D eigenvalue weighted by Crippen LogP contribution is 2.52. The van der Waals surface area contributed by atoms with Crippen LogP contribution >= 0.6 is 0 Å². The highest BCUT2D eigenvalue weighted by Gasteiger charge is 2.55. The molecule has 2 aromatic heterocycles. The molecule has 2 N–H and O–H groups in total. The summed E-state index contributed by atoms with van der Waals surface area (Å²) in [7, 11) is 0. The molecule has 2 aromatic carbocycles. The number of aromatic nitrogens is 3. The first-order valence-corrected chi connectivity index (χ1v) is 19.7. The number of fused-ring (bicyclic) bond motifs is 3. The Labute approximate surface area is 316 Å². The highest BCUT2D eigenvalue weighted by molar-refractivity contribution is 6.09. The molecule has 4 aliphatic rings. The van der Waals surface area contributed by atoms with E-state index in [1.807, 2.05) is 28.5 Å². The summed E-state index contributed by atoms with van der Waals surface area (Å²) in [5.41, 5.74) is 5.24. The van der Waals surface area contributed by atoms with E-state index in [-0.39, 0.29) is 35.5 Å². The lowest BCUT2D eigenvalue weighted by Gasteiger charge is -2.48.